The monoisotopic (exact) mass is 383 g/mol. The van der Waals surface area contributed by atoms with E-state index in [9.17, 15) is 9.59 Å². The Labute approximate surface area is 166 Å². The number of ether oxygens (including phenoxy) is 1. The van der Waals surface area contributed by atoms with Crippen molar-refractivity contribution in [3.63, 3.8) is 0 Å². The highest BCUT2D eigenvalue weighted by molar-refractivity contribution is 5.81. The molecular formula is C22H29N3O3. The molecule has 0 spiro atoms. The van der Waals surface area contributed by atoms with Gasteiger partial charge >= 0.3 is 6.09 Å². The second-order valence-corrected chi connectivity index (χ2v) is 7.19. The number of rotatable bonds is 9. The zero-order valence-corrected chi connectivity index (χ0v) is 16.5. The van der Waals surface area contributed by atoms with Gasteiger partial charge in [-0.2, -0.15) is 0 Å². The molecule has 2 rings (SSSR count). The number of benzene rings is 2. The van der Waals surface area contributed by atoms with Gasteiger partial charge in [-0.1, -0.05) is 68.4 Å². The van der Waals surface area contributed by atoms with Gasteiger partial charge in [0.15, 0.2) is 0 Å². The van der Waals surface area contributed by atoms with Crippen LogP contribution in [0.5, 0.6) is 0 Å². The van der Waals surface area contributed by atoms with Gasteiger partial charge in [-0.15, -0.1) is 0 Å². The average molecular weight is 383 g/mol. The Morgan fingerprint density at radius 1 is 0.929 bits per heavy atom. The number of carbonyl (C=O) groups is 2. The average Bonchev–Trinajstić information content (AvgIpc) is 2.69. The molecule has 0 heterocycles. The van der Waals surface area contributed by atoms with Crippen molar-refractivity contribution in [3.05, 3.63) is 71.3 Å². The summed E-state index contributed by atoms with van der Waals surface area (Å²) in [5.74, 6) is 0.221. The molecule has 0 aliphatic rings. The molecule has 28 heavy (non-hydrogen) atoms. The number of alkyl carbamates (subject to hydrolysis) is 1. The van der Waals surface area contributed by atoms with Gasteiger partial charge in [-0.05, 0) is 29.0 Å². The molecule has 0 radical (unpaired) electrons. The van der Waals surface area contributed by atoms with Crippen LogP contribution in [0, 0.1) is 5.92 Å². The molecule has 0 aliphatic carbocycles. The maximum Gasteiger partial charge on any atom is 0.407 e. The summed E-state index contributed by atoms with van der Waals surface area (Å²) in [4.78, 5) is 23.9. The van der Waals surface area contributed by atoms with E-state index < -0.39 is 12.1 Å². The van der Waals surface area contributed by atoms with Crippen LogP contribution < -0.4 is 16.4 Å². The molecule has 0 fully saturated rings. The van der Waals surface area contributed by atoms with Crippen molar-refractivity contribution < 1.29 is 14.3 Å². The topological polar surface area (TPSA) is 93.5 Å². The molecule has 0 saturated carbocycles. The lowest BCUT2D eigenvalue weighted by atomic mass is 10.0. The lowest BCUT2D eigenvalue weighted by molar-refractivity contribution is -0.122. The molecule has 6 heteroatoms. The van der Waals surface area contributed by atoms with E-state index in [1.807, 2.05) is 68.4 Å². The summed E-state index contributed by atoms with van der Waals surface area (Å²) in [5, 5.41) is 5.59. The Morgan fingerprint density at radius 3 is 2.18 bits per heavy atom. The zero-order chi connectivity index (χ0) is 20.4. The number of hydrogen-bond donors (Lipinski definition) is 3. The fraction of sp³-hybridized carbons (Fsp3) is 0.364. The van der Waals surface area contributed by atoms with E-state index in [1.165, 1.54) is 0 Å². The second-order valence-electron chi connectivity index (χ2n) is 7.19. The van der Waals surface area contributed by atoms with Crippen LogP contribution in [0.3, 0.4) is 0 Å². The molecule has 0 aliphatic heterocycles. The SMILES string of the molecule is CC(C)C[C@@H](N)C(=O)NCc1cccc(CNC(=O)OCc2ccccc2)c1. The smallest absolute Gasteiger partial charge is 0.407 e. The van der Waals surface area contributed by atoms with Crippen molar-refractivity contribution in [2.75, 3.05) is 0 Å². The lowest BCUT2D eigenvalue weighted by Gasteiger charge is -2.14. The maximum atomic E-state index is 12.0. The molecule has 150 valence electrons. The van der Waals surface area contributed by atoms with Crippen LogP contribution >= 0.6 is 0 Å². The van der Waals surface area contributed by atoms with E-state index in [-0.39, 0.29) is 12.5 Å². The first-order chi connectivity index (χ1) is 13.4. The first kappa shape index (κ1) is 21.4. The Morgan fingerprint density at radius 2 is 1.54 bits per heavy atom. The normalized spacial score (nSPS) is 11.7. The molecule has 1 atom stereocenters. The lowest BCUT2D eigenvalue weighted by Crippen LogP contribution is -2.41. The van der Waals surface area contributed by atoms with Crippen LogP contribution in [0.1, 0.15) is 37.0 Å². The van der Waals surface area contributed by atoms with E-state index in [0.717, 1.165) is 16.7 Å². The van der Waals surface area contributed by atoms with Gasteiger partial charge in [-0.3, -0.25) is 4.79 Å². The van der Waals surface area contributed by atoms with Gasteiger partial charge in [0.05, 0.1) is 6.04 Å². The molecule has 6 nitrogen and oxygen atoms in total. The fourth-order valence-corrected chi connectivity index (χ4v) is 2.73. The predicted molar refractivity (Wildman–Crippen MR) is 109 cm³/mol. The molecule has 0 saturated heterocycles. The largest absolute Gasteiger partial charge is 0.445 e. The van der Waals surface area contributed by atoms with Crippen molar-refractivity contribution in [3.8, 4) is 0 Å². The minimum absolute atomic E-state index is 0.151. The van der Waals surface area contributed by atoms with E-state index in [2.05, 4.69) is 10.6 Å². The molecular weight excluding hydrogens is 354 g/mol. The zero-order valence-electron chi connectivity index (χ0n) is 16.5. The number of carbonyl (C=O) groups excluding carboxylic acids is 2. The van der Waals surface area contributed by atoms with Gasteiger partial charge in [0, 0.05) is 13.1 Å². The summed E-state index contributed by atoms with van der Waals surface area (Å²) in [7, 11) is 0. The Bertz CT molecular complexity index is 763. The van der Waals surface area contributed by atoms with Gasteiger partial charge in [0.2, 0.25) is 5.91 Å². The summed E-state index contributed by atoms with van der Waals surface area (Å²) < 4.78 is 5.20. The third-order valence-electron chi connectivity index (χ3n) is 4.17. The predicted octanol–water partition coefficient (Wildman–Crippen LogP) is 3.10. The van der Waals surface area contributed by atoms with Crippen molar-refractivity contribution in [1.29, 1.82) is 0 Å². The van der Waals surface area contributed by atoms with Crippen molar-refractivity contribution in [2.45, 2.75) is 46.0 Å². The fourth-order valence-electron chi connectivity index (χ4n) is 2.73. The Balaban J connectivity index is 1.76. The van der Waals surface area contributed by atoms with Crippen LogP contribution in [-0.4, -0.2) is 18.0 Å². The first-order valence-electron chi connectivity index (χ1n) is 9.49. The summed E-state index contributed by atoms with van der Waals surface area (Å²) in [6, 6.07) is 16.7. The molecule has 0 bridgehead atoms. The van der Waals surface area contributed by atoms with E-state index >= 15 is 0 Å². The number of nitrogens with two attached hydrogens (primary N) is 1. The van der Waals surface area contributed by atoms with Crippen molar-refractivity contribution >= 4 is 12.0 Å². The Hall–Kier alpha value is -2.86. The van der Waals surface area contributed by atoms with Crippen LogP contribution in [0.15, 0.2) is 54.6 Å². The van der Waals surface area contributed by atoms with Gasteiger partial charge in [0.25, 0.3) is 0 Å². The van der Waals surface area contributed by atoms with Crippen LogP contribution in [0.2, 0.25) is 0 Å². The molecule has 2 amide bonds. The number of amides is 2. The van der Waals surface area contributed by atoms with Crippen LogP contribution in [0.25, 0.3) is 0 Å². The Kier molecular flexibility index (Phi) is 8.49. The quantitative estimate of drug-likeness (QED) is 0.620. The van der Waals surface area contributed by atoms with E-state index in [4.69, 9.17) is 10.5 Å². The highest BCUT2D eigenvalue weighted by Crippen LogP contribution is 2.07. The summed E-state index contributed by atoms with van der Waals surface area (Å²) >= 11 is 0. The first-order valence-corrected chi connectivity index (χ1v) is 9.49. The summed E-state index contributed by atoms with van der Waals surface area (Å²) in [6.07, 6.45) is 0.183. The highest BCUT2D eigenvalue weighted by atomic mass is 16.5. The summed E-state index contributed by atoms with van der Waals surface area (Å²) in [5.41, 5.74) is 8.70. The third kappa shape index (κ3) is 7.80. The molecule has 0 unspecified atom stereocenters. The molecule has 4 N–H and O–H groups in total. The standard InChI is InChI=1S/C22H29N3O3/c1-16(2)11-20(23)21(26)24-13-18-9-6-10-19(12-18)14-25-22(27)28-15-17-7-4-3-5-8-17/h3-10,12,16,20H,11,13-15,23H2,1-2H3,(H,24,26)(H,25,27)/t20-/m1/s1. The van der Waals surface area contributed by atoms with Crippen molar-refractivity contribution in [2.24, 2.45) is 11.7 Å². The third-order valence-corrected chi connectivity index (χ3v) is 4.17. The molecule has 2 aromatic carbocycles. The minimum Gasteiger partial charge on any atom is -0.445 e. The van der Waals surface area contributed by atoms with E-state index in [1.54, 1.807) is 0 Å². The van der Waals surface area contributed by atoms with E-state index in [0.29, 0.717) is 25.4 Å². The maximum absolute atomic E-state index is 12.0. The molecule has 2 aromatic rings. The number of hydrogen-bond acceptors (Lipinski definition) is 4. The van der Waals surface area contributed by atoms with Gasteiger partial charge in [0.1, 0.15) is 6.61 Å². The van der Waals surface area contributed by atoms with Gasteiger partial charge < -0.3 is 21.1 Å². The summed E-state index contributed by atoms with van der Waals surface area (Å²) in [6.45, 7) is 5.05. The molecule has 0 aromatic heterocycles. The van der Waals surface area contributed by atoms with Crippen LogP contribution in [-0.2, 0) is 29.2 Å². The second kappa shape index (κ2) is 11.1. The number of nitrogens with one attached hydrogen (secondary N) is 2. The van der Waals surface area contributed by atoms with Gasteiger partial charge in [-0.25, -0.2) is 4.79 Å². The minimum atomic E-state index is -0.496. The van der Waals surface area contributed by atoms with Crippen LogP contribution in [0.4, 0.5) is 4.79 Å². The van der Waals surface area contributed by atoms with Crippen molar-refractivity contribution in [1.82, 2.24) is 10.6 Å². The highest BCUT2D eigenvalue weighted by Gasteiger charge is 2.14.